The van der Waals surface area contributed by atoms with Gasteiger partial charge in [-0.15, -0.1) is 0 Å². The van der Waals surface area contributed by atoms with Crippen molar-refractivity contribution in [3.05, 3.63) is 23.8 Å². The second kappa shape index (κ2) is 5.19. The van der Waals surface area contributed by atoms with Crippen LogP contribution in [0.4, 0.5) is 5.69 Å². The summed E-state index contributed by atoms with van der Waals surface area (Å²) in [4.78, 5) is 0. The van der Waals surface area contributed by atoms with E-state index in [-0.39, 0.29) is 0 Å². The molecule has 0 aliphatic carbocycles. The van der Waals surface area contributed by atoms with Gasteiger partial charge in [0.1, 0.15) is 5.75 Å². The molecule has 0 amide bonds. The number of hydrogen-bond acceptors (Lipinski definition) is 3. The SMILES string of the molecule is COc1ccc2c(c1)C(C1CCCOC1)CCN2. The molecule has 1 saturated heterocycles. The lowest BCUT2D eigenvalue weighted by Gasteiger charge is -2.35. The summed E-state index contributed by atoms with van der Waals surface area (Å²) < 4.78 is 11.0. The van der Waals surface area contributed by atoms with Crippen molar-refractivity contribution in [1.29, 1.82) is 0 Å². The summed E-state index contributed by atoms with van der Waals surface area (Å²) in [5.41, 5.74) is 2.69. The molecule has 2 aliphatic heterocycles. The lowest BCUT2D eigenvalue weighted by Crippen LogP contribution is -2.28. The largest absolute Gasteiger partial charge is 0.497 e. The molecule has 1 N–H and O–H groups in total. The molecule has 3 nitrogen and oxygen atoms in total. The number of benzene rings is 1. The highest BCUT2D eigenvalue weighted by atomic mass is 16.5. The summed E-state index contributed by atoms with van der Waals surface area (Å²) in [6, 6.07) is 6.37. The number of anilines is 1. The van der Waals surface area contributed by atoms with Crippen LogP contribution in [0.5, 0.6) is 5.75 Å². The Kier molecular flexibility index (Phi) is 3.41. The third-order valence-corrected chi connectivity index (χ3v) is 4.19. The molecule has 0 spiro atoms. The van der Waals surface area contributed by atoms with Crippen molar-refractivity contribution in [2.24, 2.45) is 5.92 Å². The number of nitrogens with one attached hydrogen (secondary N) is 1. The average molecular weight is 247 g/mol. The topological polar surface area (TPSA) is 30.5 Å². The Balaban J connectivity index is 1.89. The summed E-state index contributed by atoms with van der Waals surface area (Å²) in [5, 5.41) is 3.49. The third-order valence-electron chi connectivity index (χ3n) is 4.19. The Labute approximate surface area is 108 Å². The van der Waals surface area contributed by atoms with Crippen molar-refractivity contribution in [2.75, 3.05) is 32.2 Å². The number of fused-ring (bicyclic) bond motifs is 1. The predicted molar refractivity (Wildman–Crippen MR) is 72.4 cm³/mol. The molecule has 0 aromatic heterocycles. The number of ether oxygens (including phenoxy) is 2. The summed E-state index contributed by atoms with van der Waals surface area (Å²) in [6.07, 6.45) is 3.70. The van der Waals surface area contributed by atoms with Gasteiger partial charge in [-0.05, 0) is 54.9 Å². The van der Waals surface area contributed by atoms with Crippen molar-refractivity contribution in [1.82, 2.24) is 0 Å². The van der Waals surface area contributed by atoms with Crippen LogP contribution in [0.25, 0.3) is 0 Å². The second-order valence-corrected chi connectivity index (χ2v) is 5.25. The zero-order valence-electron chi connectivity index (χ0n) is 10.9. The molecular weight excluding hydrogens is 226 g/mol. The normalized spacial score (nSPS) is 27.2. The van der Waals surface area contributed by atoms with Crippen molar-refractivity contribution in [2.45, 2.75) is 25.2 Å². The Morgan fingerprint density at radius 2 is 2.28 bits per heavy atom. The monoisotopic (exact) mass is 247 g/mol. The van der Waals surface area contributed by atoms with Gasteiger partial charge < -0.3 is 14.8 Å². The molecule has 3 heteroatoms. The van der Waals surface area contributed by atoms with E-state index in [9.17, 15) is 0 Å². The molecule has 2 atom stereocenters. The van der Waals surface area contributed by atoms with E-state index < -0.39 is 0 Å². The second-order valence-electron chi connectivity index (χ2n) is 5.25. The zero-order chi connectivity index (χ0) is 12.4. The van der Waals surface area contributed by atoms with Gasteiger partial charge in [0.25, 0.3) is 0 Å². The third kappa shape index (κ3) is 2.19. The van der Waals surface area contributed by atoms with Gasteiger partial charge in [-0.3, -0.25) is 0 Å². The molecule has 0 saturated carbocycles. The fraction of sp³-hybridized carbons (Fsp3) is 0.600. The number of methoxy groups -OCH3 is 1. The highest BCUT2D eigenvalue weighted by Crippen LogP contribution is 2.41. The van der Waals surface area contributed by atoms with Gasteiger partial charge in [-0.25, -0.2) is 0 Å². The smallest absolute Gasteiger partial charge is 0.119 e. The van der Waals surface area contributed by atoms with Crippen molar-refractivity contribution in [3.63, 3.8) is 0 Å². The summed E-state index contributed by atoms with van der Waals surface area (Å²) in [6.45, 7) is 2.92. The van der Waals surface area contributed by atoms with E-state index in [1.54, 1.807) is 7.11 Å². The lowest BCUT2D eigenvalue weighted by molar-refractivity contribution is 0.0429. The standard InChI is InChI=1S/C15H21NO2/c1-17-12-4-5-15-14(9-12)13(6-7-16-15)11-3-2-8-18-10-11/h4-5,9,11,13,16H,2-3,6-8,10H2,1H3. The van der Waals surface area contributed by atoms with Gasteiger partial charge in [-0.2, -0.15) is 0 Å². The Bertz CT molecular complexity index is 413. The van der Waals surface area contributed by atoms with E-state index in [1.807, 2.05) is 6.07 Å². The minimum absolute atomic E-state index is 0.622. The van der Waals surface area contributed by atoms with E-state index in [0.717, 1.165) is 25.5 Å². The first-order valence-corrected chi connectivity index (χ1v) is 6.88. The van der Waals surface area contributed by atoms with Crippen molar-refractivity contribution in [3.8, 4) is 5.75 Å². The van der Waals surface area contributed by atoms with Gasteiger partial charge in [0.2, 0.25) is 0 Å². The predicted octanol–water partition coefficient (Wildman–Crippen LogP) is 3.02. The average Bonchev–Trinajstić information content (AvgIpc) is 2.47. The van der Waals surface area contributed by atoms with E-state index in [1.165, 1.54) is 30.5 Å². The van der Waals surface area contributed by atoms with E-state index in [2.05, 4.69) is 17.4 Å². The van der Waals surface area contributed by atoms with E-state index in [4.69, 9.17) is 9.47 Å². The molecule has 18 heavy (non-hydrogen) atoms. The molecule has 2 aliphatic rings. The highest BCUT2D eigenvalue weighted by molar-refractivity contribution is 5.57. The van der Waals surface area contributed by atoms with Crippen LogP contribution in [0.15, 0.2) is 18.2 Å². The lowest BCUT2D eigenvalue weighted by atomic mass is 9.78. The molecule has 0 radical (unpaired) electrons. The molecule has 98 valence electrons. The minimum Gasteiger partial charge on any atom is -0.497 e. The Morgan fingerprint density at radius 1 is 1.33 bits per heavy atom. The maximum absolute atomic E-state index is 5.66. The van der Waals surface area contributed by atoms with Gasteiger partial charge >= 0.3 is 0 Å². The van der Waals surface area contributed by atoms with Crippen molar-refractivity contribution >= 4 is 5.69 Å². The van der Waals surface area contributed by atoms with Crippen LogP contribution < -0.4 is 10.1 Å². The van der Waals surface area contributed by atoms with E-state index >= 15 is 0 Å². The minimum atomic E-state index is 0.622. The maximum Gasteiger partial charge on any atom is 0.119 e. The quantitative estimate of drug-likeness (QED) is 0.871. The van der Waals surface area contributed by atoms with Gasteiger partial charge in [0.05, 0.1) is 7.11 Å². The van der Waals surface area contributed by atoms with Crippen LogP contribution >= 0.6 is 0 Å². The van der Waals surface area contributed by atoms with Gasteiger partial charge in [0.15, 0.2) is 0 Å². The fourth-order valence-electron chi connectivity index (χ4n) is 3.23. The molecule has 0 bridgehead atoms. The number of rotatable bonds is 2. The molecule has 3 rings (SSSR count). The first kappa shape index (κ1) is 11.8. The van der Waals surface area contributed by atoms with Crippen LogP contribution in [-0.4, -0.2) is 26.9 Å². The maximum atomic E-state index is 5.66. The van der Waals surface area contributed by atoms with Gasteiger partial charge in [-0.1, -0.05) is 0 Å². The van der Waals surface area contributed by atoms with Crippen LogP contribution in [0, 0.1) is 5.92 Å². The highest BCUT2D eigenvalue weighted by Gasteiger charge is 2.29. The summed E-state index contributed by atoms with van der Waals surface area (Å²) in [7, 11) is 1.73. The van der Waals surface area contributed by atoms with Crippen LogP contribution in [0.3, 0.4) is 0 Å². The van der Waals surface area contributed by atoms with Crippen LogP contribution in [0.1, 0.15) is 30.7 Å². The number of hydrogen-bond donors (Lipinski definition) is 1. The first-order valence-electron chi connectivity index (χ1n) is 6.88. The summed E-state index contributed by atoms with van der Waals surface area (Å²) >= 11 is 0. The molecular formula is C15H21NO2. The summed E-state index contributed by atoms with van der Waals surface area (Å²) in [5.74, 6) is 2.25. The van der Waals surface area contributed by atoms with Gasteiger partial charge in [0, 0.05) is 25.4 Å². The Hall–Kier alpha value is -1.22. The molecule has 1 aromatic carbocycles. The molecule has 1 fully saturated rings. The zero-order valence-corrected chi connectivity index (χ0v) is 10.9. The van der Waals surface area contributed by atoms with Crippen molar-refractivity contribution < 1.29 is 9.47 Å². The fourth-order valence-corrected chi connectivity index (χ4v) is 3.23. The molecule has 2 unspecified atom stereocenters. The van der Waals surface area contributed by atoms with E-state index in [0.29, 0.717) is 11.8 Å². The first-order chi connectivity index (χ1) is 8.88. The Morgan fingerprint density at radius 3 is 3.06 bits per heavy atom. The molecule has 2 heterocycles. The van der Waals surface area contributed by atoms with Crippen LogP contribution in [-0.2, 0) is 4.74 Å². The van der Waals surface area contributed by atoms with Crippen LogP contribution in [0.2, 0.25) is 0 Å². The molecule has 1 aromatic rings.